The van der Waals surface area contributed by atoms with Gasteiger partial charge in [0, 0.05) is 0 Å². The van der Waals surface area contributed by atoms with Gasteiger partial charge in [0.05, 0.1) is 27.2 Å². The van der Waals surface area contributed by atoms with E-state index in [0.29, 0.717) is 11.5 Å². The molecular weight excluding hydrogens is 256 g/mol. The smallest absolute Gasteiger partial charge is 0.313 e. The van der Waals surface area contributed by atoms with Crippen molar-refractivity contribution in [1.82, 2.24) is 0 Å². The maximum absolute atomic E-state index is 12.0. The Morgan fingerprint density at radius 3 is 2.35 bits per heavy atom. The van der Waals surface area contributed by atoms with Crippen LogP contribution in [0.15, 0.2) is 18.2 Å². The first-order valence-corrected chi connectivity index (χ1v) is 6.97. The van der Waals surface area contributed by atoms with Gasteiger partial charge in [-0.1, -0.05) is 32.3 Å². The summed E-state index contributed by atoms with van der Waals surface area (Å²) in [4.78, 5) is 12.0. The third kappa shape index (κ3) is 4.15. The Labute approximate surface area is 121 Å². The summed E-state index contributed by atoms with van der Waals surface area (Å²) in [5, 5.41) is 0. The molecule has 1 aromatic rings. The molecular formula is C16H24O4. The minimum atomic E-state index is -0.244. The van der Waals surface area contributed by atoms with Gasteiger partial charge in [-0.3, -0.25) is 4.79 Å². The molecule has 20 heavy (non-hydrogen) atoms. The van der Waals surface area contributed by atoms with Gasteiger partial charge in [0.1, 0.15) is 0 Å². The molecule has 0 saturated heterocycles. The maximum atomic E-state index is 12.0. The third-order valence-electron chi connectivity index (χ3n) is 3.39. The normalized spacial score (nSPS) is 11.8. The largest absolute Gasteiger partial charge is 0.493 e. The zero-order valence-electron chi connectivity index (χ0n) is 12.8. The van der Waals surface area contributed by atoms with Gasteiger partial charge < -0.3 is 14.2 Å². The van der Waals surface area contributed by atoms with Crippen LogP contribution in [0.1, 0.15) is 44.1 Å². The van der Waals surface area contributed by atoms with Gasteiger partial charge in [-0.25, -0.2) is 0 Å². The number of hydrogen-bond donors (Lipinski definition) is 0. The predicted molar refractivity (Wildman–Crippen MR) is 78.4 cm³/mol. The summed E-state index contributed by atoms with van der Waals surface area (Å²) in [6.07, 6.45) is 4.03. The molecule has 0 heterocycles. The van der Waals surface area contributed by atoms with Crippen LogP contribution in [0.3, 0.4) is 0 Å². The van der Waals surface area contributed by atoms with Gasteiger partial charge in [0.2, 0.25) is 0 Å². The van der Waals surface area contributed by atoms with E-state index in [4.69, 9.17) is 14.2 Å². The second kappa shape index (κ2) is 8.46. The summed E-state index contributed by atoms with van der Waals surface area (Å²) in [6, 6.07) is 5.57. The fraction of sp³-hybridized carbons (Fsp3) is 0.562. The van der Waals surface area contributed by atoms with Crippen molar-refractivity contribution in [3.05, 3.63) is 23.8 Å². The van der Waals surface area contributed by atoms with E-state index in [0.717, 1.165) is 31.2 Å². The van der Waals surface area contributed by atoms with E-state index < -0.39 is 0 Å². The van der Waals surface area contributed by atoms with Gasteiger partial charge in [-0.05, 0) is 24.1 Å². The lowest BCUT2D eigenvalue weighted by Gasteiger charge is -2.17. The Balaban J connectivity index is 2.97. The Morgan fingerprint density at radius 2 is 1.80 bits per heavy atom. The summed E-state index contributed by atoms with van der Waals surface area (Å²) in [6.45, 7) is 2.14. The van der Waals surface area contributed by atoms with Crippen molar-refractivity contribution in [2.24, 2.45) is 0 Å². The van der Waals surface area contributed by atoms with Crippen LogP contribution in [0.25, 0.3) is 0 Å². The van der Waals surface area contributed by atoms with E-state index in [1.807, 2.05) is 18.2 Å². The monoisotopic (exact) mass is 280 g/mol. The van der Waals surface area contributed by atoms with Crippen molar-refractivity contribution in [3.8, 4) is 11.5 Å². The minimum absolute atomic E-state index is 0.201. The molecule has 1 rings (SSSR count). The first kappa shape index (κ1) is 16.3. The quantitative estimate of drug-likeness (QED) is 0.539. The van der Waals surface area contributed by atoms with Crippen molar-refractivity contribution >= 4 is 5.97 Å². The number of carbonyl (C=O) groups excluding carboxylic acids is 1. The van der Waals surface area contributed by atoms with E-state index in [-0.39, 0.29) is 11.9 Å². The summed E-state index contributed by atoms with van der Waals surface area (Å²) in [5.41, 5.74) is 0.908. The molecule has 4 nitrogen and oxygen atoms in total. The molecule has 4 heteroatoms. The van der Waals surface area contributed by atoms with Crippen LogP contribution in [0.5, 0.6) is 11.5 Å². The molecule has 0 spiro atoms. The maximum Gasteiger partial charge on any atom is 0.313 e. The third-order valence-corrected chi connectivity index (χ3v) is 3.39. The molecule has 0 aromatic heterocycles. The lowest BCUT2D eigenvalue weighted by atomic mass is 9.93. The summed E-state index contributed by atoms with van der Waals surface area (Å²) in [7, 11) is 4.61. The molecule has 0 aliphatic heterocycles. The molecule has 0 fully saturated rings. The number of esters is 1. The van der Waals surface area contributed by atoms with Gasteiger partial charge in [-0.15, -0.1) is 0 Å². The molecule has 0 saturated carbocycles. The summed E-state index contributed by atoms with van der Waals surface area (Å²) >= 11 is 0. The Hall–Kier alpha value is -1.71. The second-order valence-corrected chi connectivity index (χ2v) is 4.69. The van der Waals surface area contributed by atoms with E-state index in [9.17, 15) is 4.79 Å². The van der Waals surface area contributed by atoms with Gasteiger partial charge in [0.15, 0.2) is 11.5 Å². The molecule has 0 N–H and O–H groups in total. The summed E-state index contributed by atoms with van der Waals surface area (Å²) in [5.74, 6) is 0.850. The molecule has 0 unspecified atom stereocenters. The highest BCUT2D eigenvalue weighted by molar-refractivity contribution is 5.78. The average Bonchev–Trinajstić information content (AvgIpc) is 2.50. The standard InChI is InChI=1S/C16H24O4/c1-5-6-7-8-13(16(17)20-4)12-9-10-14(18-2)15(11-12)19-3/h9-11,13H,5-8H2,1-4H3/t13-/m1/s1. The van der Waals surface area contributed by atoms with Crippen molar-refractivity contribution in [3.63, 3.8) is 0 Å². The van der Waals surface area contributed by atoms with Crippen molar-refractivity contribution in [2.45, 2.75) is 38.5 Å². The molecule has 0 bridgehead atoms. The van der Waals surface area contributed by atoms with Crippen molar-refractivity contribution in [2.75, 3.05) is 21.3 Å². The number of unbranched alkanes of at least 4 members (excludes halogenated alkanes) is 2. The second-order valence-electron chi connectivity index (χ2n) is 4.69. The molecule has 0 radical (unpaired) electrons. The van der Waals surface area contributed by atoms with Crippen LogP contribution in [0, 0.1) is 0 Å². The number of hydrogen-bond acceptors (Lipinski definition) is 4. The highest BCUT2D eigenvalue weighted by Crippen LogP contribution is 2.33. The zero-order valence-corrected chi connectivity index (χ0v) is 12.8. The number of methoxy groups -OCH3 is 3. The Kier molecular flexibility index (Phi) is 6.91. The van der Waals surface area contributed by atoms with Crippen LogP contribution >= 0.6 is 0 Å². The Bertz CT molecular complexity index is 428. The van der Waals surface area contributed by atoms with Gasteiger partial charge in [0.25, 0.3) is 0 Å². The molecule has 0 amide bonds. The average molecular weight is 280 g/mol. The number of carbonyl (C=O) groups is 1. The topological polar surface area (TPSA) is 44.8 Å². The van der Waals surface area contributed by atoms with E-state index >= 15 is 0 Å². The van der Waals surface area contributed by atoms with Crippen LogP contribution in [0.2, 0.25) is 0 Å². The molecule has 0 aliphatic carbocycles. The predicted octanol–water partition coefficient (Wildman–Crippen LogP) is 3.54. The minimum Gasteiger partial charge on any atom is -0.493 e. The highest BCUT2D eigenvalue weighted by Gasteiger charge is 2.22. The number of benzene rings is 1. The zero-order chi connectivity index (χ0) is 15.0. The lowest BCUT2D eigenvalue weighted by Crippen LogP contribution is -2.14. The molecule has 1 aromatic carbocycles. The highest BCUT2D eigenvalue weighted by atomic mass is 16.5. The fourth-order valence-electron chi connectivity index (χ4n) is 2.23. The van der Waals surface area contributed by atoms with Gasteiger partial charge >= 0.3 is 5.97 Å². The first-order chi connectivity index (χ1) is 9.67. The fourth-order valence-corrected chi connectivity index (χ4v) is 2.23. The van der Waals surface area contributed by atoms with E-state index in [2.05, 4.69) is 6.92 Å². The van der Waals surface area contributed by atoms with Crippen LogP contribution in [0.4, 0.5) is 0 Å². The van der Waals surface area contributed by atoms with Crippen LogP contribution in [-0.4, -0.2) is 27.3 Å². The molecule has 0 aliphatic rings. The molecule has 112 valence electrons. The van der Waals surface area contributed by atoms with Crippen LogP contribution in [-0.2, 0) is 9.53 Å². The number of ether oxygens (including phenoxy) is 3. The van der Waals surface area contributed by atoms with Crippen molar-refractivity contribution in [1.29, 1.82) is 0 Å². The SMILES string of the molecule is CCCCC[C@@H](C(=O)OC)c1ccc(OC)c(OC)c1. The molecule has 1 atom stereocenters. The van der Waals surface area contributed by atoms with E-state index in [1.165, 1.54) is 7.11 Å². The summed E-state index contributed by atoms with van der Waals surface area (Å²) < 4.78 is 15.4. The van der Waals surface area contributed by atoms with Gasteiger partial charge in [-0.2, -0.15) is 0 Å². The lowest BCUT2D eigenvalue weighted by molar-refractivity contribution is -0.142. The first-order valence-electron chi connectivity index (χ1n) is 6.97. The van der Waals surface area contributed by atoms with E-state index in [1.54, 1.807) is 14.2 Å². The van der Waals surface area contributed by atoms with Crippen LogP contribution < -0.4 is 9.47 Å². The van der Waals surface area contributed by atoms with Crippen molar-refractivity contribution < 1.29 is 19.0 Å². The Morgan fingerprint density at radius 1 is 1.10 bits per heavy atom. The number of rotatable bonds is 8.